The Morgan fingerprint density at radius 2 is 2.00 bits per heavy atom. The molecule has 9 nitrogen and oxygen atoms in total. The number of amides is 1. The number of hydrogen-bond donors (Lipinski definition) is 2. The fourth-order valence-corrected chi connectivity index (χ4v) is 4.53. The number of anilines is 4. The van der Waals surface area contributed by atoms with Crippen molar-refractivity contribution >= 4 is 40.6 Å². The minimum absolute atomic E-state index is 0.0550. The van der Waals surface area contributed by atoms with Gasteiger partial charge in [-0.3, -0.25) is 4.79 Å². The lowest BCUT2D eigenvalue weighted by molar-refractivity contribution is -0.133. The number of ether oxygens (including phenoxy) is 1. The minimum atomic E-state index is 0.0550. The van der Waals surface area contributed by atoms with Crippen molar-refractivity contribution in [2.75, 3.05) is 81.6 Å². The highest BCUT2D eigenvalue weighted by atomic mass is 35.5. The molecule has 2 saturated heterocycles. The Balaban J connectivity index is 1.35. The Morgan fingerprint density at radius 3 is 2.80 bits per heavy atom. The van der Waals surface area contributed by atoms with E-state index < -0.39 is 0 Å². The Labute approximate surface area is 212 Å². The lowest BCUT2D eigenvalue weighted by atomic mass is 10.1. The average Bonchev–Trinajstić information content (AvgIpc) is 3.08. The van der Waals surface area contributed by atoms with E-state index in [1.807, 2.05) is 4.90 Å². The summed E-state index contributed by atoms with van der Waals surface area (Å²) in [6.45, 7) is 9.31. The van der Waals surface area contributed by atoms with E-state index in [9.17, 15) is 4.79 Å². The van der Waals surface area contributed by atoms with Crippen LogP contribution in [0.2, 0.25) is 5.02 Å². The molecule has 0 saturated carbocycles. The van der Waals surface area contributed by atoms with Crippen LogP contribution in [0.5, 0.6) is 0 Å². The van der Waals surface area contributed by atoms with E-state index in [1.54, 1.807) is 6.20 Å². The number of hydrogen-bond acceptors (Lipinski definition) is 8. The van der Waals surface area contributed by atoms with Crippen LogP contribution in [0.25, 0.3) is 0 Å². The molecule has 35 heavy (non-hydrogen) atoms. The first kappa shape index (κ1) is 25.5. The summed E-state index contributed by atoms with van der Waals surface area (Å²) in [6, 6.07) is 6.54. The first-order chi connectivity index (χ1) is 17.0. The lowest BCUT2D eigenvalue weighted by Crippen LogP contribution is -2.44. The fraction of sp³-hybridized carbons (Fsp3) is 0.560. The number of carbonyl (C=O) groups is 1. The number of benzene rings is 1. The van der Waals surface area contributed by atoms with Gasteiger partial charge >= 0.3 is 0 Å². The molecule has 2 aliphatic heterocycles. The first-order valence-corrected chi connectivity index (χ1v) is 12.9. The molecule has 0 aliphatic carbocycles. The third-order valence-corrected chi connectivity index (χ3v) is 6.80. The molecule has 0 unspecified atom stereocenters. The molecule has 1 aromatic heterocycles. The number of rotatable bonds is 9. The van der Waals surface area contributed by atoms with Crippen LogP contribution in [-0.2, 0) is 16.0 Å². The van der Waals surface area contributed by atoms with Crippen molar-refractivity contribution in [2.45, 2.75) is 26.2 Å². The van der Waals surface area contributed by atoms with E-state index in [0.29, 0.717) is 36.5 Å². The predicted molar refractivity (Wildman–Crippen MR) is 141 cm³/mol. The van der Waals surface area contributed by atoms with Gasteiger partial charge in [-0.1, -0.05) is 18.5 Å². The molecule has 2 fully saturated rings. The number of aryl methyl sites for hydroxylation is 1. The molecule has 2 aromatic rings. The summed E-state index contributed by atoms with van der Waals surface area (Å²) in [5.41, 5.74) is 3.48. The van der Waals surface area contributed by atoms with Crippen LogP contribution >= 0.6 is 11.6 Å². The molecule has 10 heteroatoms. The number of piperazine rings is 1. The SMILES string of the molecule is CCc1cc(N2CCN(C)CC2)ccc1Nc1ncc(Cl)c(NCCCN2CCCOCC2=O)n1. The molecule has 190 valence electrons. The predicted octanol–water partition coefficient (Wildman–Crippen LogP) is 3.24. The maximum absolute atomic E-state index is 12.1. The molecule has 1 amide bonds. The number of likely N-dealkylation sites (N-methyl/N-ethyl adjacent to an activating group) is 1. The molecule has 0 spiro atoms. The van der Waals surface area contributed by atoms with Crippen LogP contribution in [0, 0.1) is 0 Å². The van der Waals surface area contributed by atoms with Crippen LogP contribution < -0.4 is 15.5 Å². The highest BCUT2D eigenvalue weighted by Crippen LogP contribution is 2.28. The zero-order valence-corrected chi connectivity index (χ0v) is 21.5. The van der Waals surface area contributed by atoms with Crippen molar-refractivity contribution in [2.24, 2.45) is 0 Å². The highest BCUT2D eigenvalue weighted by Gasteiger charge is 2.17. The van der Waals surface area contributed by atoms with Crippen molar-refractivity contribution in [1.29, 1.82) is 0 Å². The smallest absolute Gasteiger partial charge is 0.248 e. The summed E-state index contributed by atoms with van der Waals surface area (Å²) in [7, 11) is 2.17. The van der Waals surface area contributed by atoms with Crippen molar-refractivity contribution in [3.8, 4) is 0 Å². The van der Waals surface area contributed by atoms with Gasteiger partial charge in [0.15, 0.2) is 0 Å². The van der Waals surface area contributed by atoms with Crippen LogP contribution in [0.15, 0.2) is 24.4 Å². The van der Waals surface area contributed by atoms with Gasteiger partial charge in [0.25, 0.3) is 0 Å². The first-order valence-electron chi connectivity index (χ1n) is 12.5. The van der Waals surface area contributed by atoms with Gasteiger partial charge in [-0.25, -0.2) is 4.98 Å². The number of halogens is 1. The second-order valence-electron chi connectivity index (χ2n) is 9.07. The molecule has 0 radical (unpaired) electrons. The molecule has 2 aliphatic rings. The van der Waals surface area contributed by atoms with Crippen molar-refractivity contribution in [3.63, 3.8) is 0 Å². The third kappa shape index (κ3) is 6.96. The van der Waals surface area contributed by atoms with Gasteiger partial charge in [0.2, 0.25) is 11.9 Å². The molecule has 2 N–H and O–H groups in total. The second-order valence-corrected chi connectivity index (χ2v) is 9.47. The maximum Gasteiger partial charge on any atom is 0.248 e. The van der Waals surface area contributed by atoms with E-state index in [2.05, 4.69) is 62.6 Å². The van der Waals surface area contributed by atoms with E-state index in [-0.39, 0.29) is 12.5 Å². The van der Waals surface area contributed by atoms with Gasteiger partial charge in [-0.05, 0) is 50.1 Å². The van der Waals surface area contributed by atoms with E-state index in [1.165, 1.54) is 11.3 Å². The quantitative estimate of drug-likeness (QED) is 0.506. The molecular formula is C25H36ClN7O2. The molecule has 1 aromatic carbocycles. The lowest BCUT2D eigenvalue weighted by Gasteiger charge is -2.34. The Kier molecular flexibility index (Phi) is 9.01. The summed E-state index contributed by atoms with van der Waals surface area (Å²) in [6.07, 6.45) is 4.19. The molecule has 0 atom stereocenters. The van der Waals surface area contributed by atoms with Gasteiger partial charge in [0.1, 0.15) is 17.4 Å². The number of aromatic nitrogens is 2. The number of nitrogens with zero attached hydrogens (tertiary/aromatic N) is 5. The Morgan fingerprint density at radius 1 is 1.17 bits per heavy atom. The molecule has 0 bridgehead atoms. The van der Waals surface area contributed by atoms with Crippen LogP contribution in [-0.4, -0.2) is 91.7 Å². The van der Waals surface area contributed by atoms with Crippen molar-refractivity contribution < 1.29 is 9.53 Å². The van der Waals surface area contributed by atoms with Crippen LogP contribution in [0.1, 0.15) is 25.3 Å². The number of carbonyl (C=O) groups excluding carboxylic acids is 1. The third-order valence-electron chi connectivity index (χ3n) is 6.52. The maximum atomic E-state index is 12.1. The summed E-state index contributed by atoms with van der Waals surface area (Å²) in [4.78, 5) is 27.7. The summed E-state index contributed by atoms with van der Waals surface area (Å²) in [5, 5.41) is 7.13. The number of nitrogens with one attached hydrogen (secondary N) is 2. The normalized spacial score (nSPS) is 17.4. The van der Waals surface area contributed by atoms with Gasteiger partial charge in [-0.2, -0.15) is 4.98 Å². The van der Waals surface area contributed by atoms with Gasteiger partial charge in [0.05, 0.1) is 6.20 Å². The van der Waals surface area contributed by atoms with E-state index in [0.717, 1.165) is 57.7 Å². The average molecular weight is 502 g/mol. The van der Waals surface area contributed by atoms with Crippen molar-refractivity contribution in [3.05, 3.63) is 35.0 Å². The van der Waals surface area contributed by atoms with Gasteiger partial charge in [0, 0.05) is 63.8 Å². The zero-order valence-electron chi connectivity index (χ0n) is 20.7. The molecular weight excluding hydrogens is 466 g/mol. The van der Waals surface area contributed by atoms with Gasteiger partial charge < -0.3 is 30.1 Å². The van der Waals surface area contributed by atoms with Crippen molar-refractivity contribution in [1.82, 2.24) is 19.8 Å². The minimum Gasteiger partial charge on any atom is -0.372 e. The zero-order chi connectivity index (χ0) is 24.6. The molecule has 4 rings (SSSR count). The topological polar surface area (TPSA) is 85.9 Å². The van der Waals surface area contributed by atoms with Gasteiger partial charge in [-0.15, -0.1) is 0 Å². The Hall–Kier alpha value is -2.62. The van der Waals surface area contributed by atoms with E-state index in [4.69, 9.17) is 16.3 Å². The second kappa shape index (κ2) is 12.4. The highest BCUT2D eigenvalue weighted by molar-refractivity contribution is 6.32. The summed E-state index contributed by atoms with van der Waals surface area (Å²) >= 11 is 6.34. The van der Waals surface area contributed by atoms with Crippen LogP contribution in [0.4, 0.5) is 23.1 Å². The monoisotopic (exact) mass is 501 g/mol. The Bertz CT molecular complexity index is 998. The molecule has 3 heterocycles. The summed E-state index contributed by atoms with van der Waals surface area (Å²) < 4.78 is 5.30. The van der Waals surface area contributed by atoms with Crippen LogP contribution in [0.3, 0.4) is 0 Å². The van der Waals surface area contributed by atoms with E-state index >= 15 is 0 Å². The standard InChI is InChI=1S/C25H36ClN7O2/c1-3-19-16-20(32-13-11-31(2)12-14-32)6-7-22(19)29-25-28-17-21(26)24(30-25)27-8-4-9-33-10-5-15-35-18-23(33)34/h6-7,16-17H,3-5,8-15,18H2,1-2H3,(H2,27,28,29,30). The largest absolute Gasteiger partial charge is 0.372 e. The fourth-order valence-electron chi connectivity index (χ4n) is 4.37. The summed E-state index contributed by atoms with van der Waals surface area (Å²) in [5.74, 6) is 1.14.